The van der Waals surface area contributed by atoms with Gasteiger partial charge in [-0.05, 0) is 37.0 Å². The fourth-order valence-electron chi connectivity index (χ4n) is 2.39. The minimum absolute atomic E-state index is 0.283. The molecule has 0 bridgehead atoms. The number of ether oxygens (including phenoxy) is 1. The number of alkyl halides is 1. The second-order valence-electron chi connectivity index (χ2n) is 4.89. The van der Waals surface area contributed by atoms with Crippen molar-refractivity contribution in [3.05, 3.63) is 29.8 Å². The van der Waals surface area contributed by atoms with Gasteiger partial charge in [0.25, 0.3) is 0 Å². The summed E-state index contributed by atoms with van der Waals surface area (Å²) in [5.41, 5.74) is 1.22. The summed E-state index contributed by atoms with van der Waals surface area (Å²) in [7, 11) is 0. The lowest BCUT2D eigenvalue weighted by molar-refractivity contribution is -0.127. The van der Waals surface area contributed by atoms with E-state index in [1.165, 1.54) is 5.56 Å². The first-order valence-corrected chi connectivity index (χ1v) is 7.90. The summed E-state index contributed by atoms with van der Waals surface area (Å²) in [6.07, 6.45) is 1.58. The third-order valence-electron chi connectivity index (χ3n) is 3.39. The van der Waals surface area contributed by atoms with Gasteiger partial charge in [0.2, 0.25) is 5.91 Å². The zero-order chi connectivity index (χ0) is 13.7. The molecule has 1 saturated heterocycles. The van der Waals surface area contributed by atoms with E-state index in [9.17, 15) is 4.79 Å². The second kappa shape index (κ2) is 6.94. The standard InChI is InChI=1S/C15H20BrNO2/c1-2-19-14-5-3-4-12(8-14)6-7-17-11-13(10-16)9-15(17)18/h3-5,8,13H,2,6-7,9-11H2,1H3. The van der Waals surface area contributed by atoms with Gasteiger partial charge in [-0.3, -0.25) is 4.79 Å². The van der Waals surface area contributed by atoms with E-state index in [1.54, 1.807) is 0 Å². The summed E-state index contributed by atoms with van der Waals surface area (Å²) < 4.78 is 5.49. The van der Waals surface area contributed by atoms with Crippen molar-refractivity contribution in [1.82, 2.24) is 4.90 Å². The van der Waals surface area contributed by atoms with Crippen molar-refractivity contribution in [2.75, 3.05) is 25.0 Å². The molecule has 0 N–H and O–H groups in total. The fraction of sp³-hybridized carbons (Fsp3) is 0.533. The van der Waals surface area contributed by atoms with Crippen LogP contribution in [0.1, 0.15) is 18.9 Å². The SMILES string of the molecule is CCOc1cccc(CCN2CC(CBr)CC2=O)c1. The predicted molar refractivity (Wildman–Crippen MR) is 79.8 cm³/mol. The number of likely N-dealkylation sites (tertiary alicyclic amines) is 1. The molecule has 0 radical (unpaired) electrons. The molecule has 1 aromatic rings. The first-order valence-electron chi connectivity index (χ1n) is 6.78. The summed E-state index contributed by atoms with van der Waals surface area (Å²) in [6.45, 7) is 4.35. The van der Waals surface area contributed by atoms with Crippen molar-refractivity contribution in [3.63, 3.8) is 0 Å². The van der Waals surface area contributed by atoms with Gasteiger partial charge in [-0.25, -0.2) is 0 Å². The Morgan fingerprint density at radius 3 is 3.00 bits per heavy atom. The van der Waals surface area contributed by atoms with E-state index < -0.39 is 0 Å². The van der Waals surface area contributed by atoms with Gasteiger partial charge >= 0.3 is 0 Å². The second-order valence-corrected chi connectivity index (χ2v) is 5.54. The first-order chi connectivity index (χ1) is 9.22. The van der Waals surface area contributed by atoms with Crippen LogP contribution in [0.3, 0.4) is 0 Å². The first kappa shape index (κ1) is 14.4. The molecule has 1 fully saturated rings. The third kappa shape index (κ3) is 3.96. The highest BCUT2D eigenvalue weighted by atomic mass is 79.9. The van der Waals surface area contributed by atoms with Gasteiger partial charge in [0.15, 0.2) is 0 Å². The largest absolute Gasteiger partial charge is 0.494 e. The number of hydrogen-bond donors (Lipinski definition) is 0. The van der Waals surface area contributed by atoms with E-state index in [0.29, 0.717) is 18.9 Å². The molecule has 0 spiro atoms. The van der Waals surface area contributed by atoms with Crippen LogP contribution in [0.4, 0.5) is 0 Å². The summed E-state index contributed by atoms with van der Waals surface area (Å²) in [4.78, 5) is 13.8. The van der Waals surface area contributed by atoms with Crippen molar-refractivity contribution in [3.8, 4) is 5.75 Å². The summed E-state index contributed by atoms with van der Waals surface area (Å²) in [6, 6.07) is 8.12. The molecule has 1 heterocycles. The lowest BCUT2D eigenvalue weighted by Crippen LogP contribution is -2.27. The molecule has 4 heteroatoms. The zero-order valence-corrected chi connectivity index (χ0v) is 12.9. The van der Waals surface area contributed by atoms with Gasteiger partial charge in [0.1, 0.15) is 5.75 Å². The Balaban J connectivity index is 1.88. The van der Waals surface area contributed by atoms with Crippen molar-refractivity contribution in [1.29, 1.82) is 0 Å². The lowest BCUT2D eigenvalue weighted by atomic mass is 10.1. The smallest absolute Gasteiger partial charge is 0.222 e. The van der Waals surface area contributed by atoms with Crippen molar-refractivity contribution in [2.24, 2.45) is 5.92 Å². The predicted octanol–water partition coefficient (Wildman–Crippen LogP) is 2.87. The van der Waals surface area contributed by atoms with E-state index in [2.05, 4.69) is 28.1 Å². The molecule has 2 rings (SSSR count). The van der Waals surface area contributed by atoms with Gasteiger partial charge < -0.3 is 9.64 Å². The molecule has 0 saturated carbocycles. The zero-order valence-electron chi connectivity index (χ0n) is 11.3. The van der Waals surface area contributed by atoms with Crippen molar-refractivity contribution < 1.29 is 9.53 Å². The monoisotopic (exact) mass is 325 g/mol. The van der Waals surface area contributed by atoms with Crippen molar-refractivity contribution >= 4 is 21.8 Å². The number of benzene rings is 1. The Kier molecular flexibility index (Phi) is 5.25. The van der Waals surface area contributed by atoms with E-state index in [0.717, 1.165) is 30.6 Å². The molecule has 1 aliphatic rings. The number of carbonyl (C=O) groups excluding carboxylic acids is 1. The number of amides is 1. The number of rotatable bonds is 6. The van der Waals surface area contributed by atoms with E-state index in [1.807, 2.05) is 24.0 Å². The van der Waals surface area contributed by atoms with E-state index >= 15 is 0 Å². The highest BCUT2D eigenvalue weighted by Gasteiger charge is 2.28. The summed E-state index contributed by atoms with van der Waals surface area (Å²) in [5.74, 6) is 1.67. The maximum atomic E-state index is 11.8. The van der Waals surface area contributed by atoms with Gasteiger partial charge in [0.05, 0.1) is 6.61 Å². The van der Waals surface area contributed by atoms with Gasteiger partial charge in [0, 0.05) is 24.8 Å². The van der Waals surface area contributed by atoms with Crippen LogP contribution in [0.15, 0.2) is 24.3 Å². The third-order valence-corrected chi connectivity index (χ3v) is 4.31. The van der Waals surface area contributed by atoms with Crippen LogP contribution in [0, 0.1) is 5.92 Å². The minimum atomic E-state index is 0.283. The molecule has 1 aliphatic heterocycles. The summed E-state index contributed by atoms with van der Waals surface area (Å²) in [5, 5.41) is 0.912. The van der Waals surface area contributed by atoms with Crippen LogP contribution < -0.4 is 4.74 Å². The van der Waals surface area contributed by atoms with Crippen LogP contribution in [0.2, 0.25) is 0 Å². The number of hydrogen-bond acceptors (Lipinski definition) is 2. The molecule has 0 aromatic heterocycles. The molecule has 1 atom stereocenters. The fourth-order valence-corrected chi connectivity index (χ4v) is 2.83. The highest BCUT2D eigenvalue weighted by molar-refractivity contribution is 9.09. The Labute approximate surface area is 123 Å². The average Bonchev–Trinajstić information content (AvgIpc) is 2.78. The van der Waals surface area contributed by atoms with E-state index in [4.69, 9.17) is 4.74 Å². The van der Waals surface area contributed by atoms with Gasteiger partial charge in [-0.15, -0.1) is 0 Å². The minimum Gasteiger partial charge on any atom is -0.494 e. The molecule has 19 heavy (non-hydrogen) atoms. The van der Waals surface area contributed by atoms with E-state index in [-0.39, 0.29) is 5.91 Å². The molecular weight excluding hydrogens is 306 g/mol. The number of halogens is 1. The summed E-state index contributed by atoms with van der Waals surface area (Å²) >= 11 is 3.46. The number of carbonyl (C=O) groups is 1. The normalized spacial score (nSPS) is 18.9. The Bertz CT molecular complexity index is 436. The molecule has 1 amide bonds. The quantitative estimate of drug-likeness (QED) is 0.753. The molecule has 3 nitrogen and oxygen atoms in total. The lowest BCUT2D eigenvalue weighted by Gasteiger charge is -2.16. The average molecular weight is 326 g/mol. The Hall–Kier alpha value is -1.03. The Morgan fingerprint density at radius 2 is 2.32 bits per heavy atom. The highest BCUT2D eigenvalue weighted by Crippen LogP contribution is 2.20. The van der Waals surface area contributed by atoms with Crippen LogP contribution >= 0.6 is 15.9 Å². The molecule has 1 aromatic carbocycles. The van der Waals surface area contributed by atoms with Crippen LogP contribution in [-0.4, -0.2) is 35.8 Å². The van der Waals surface area contributed by atoms with Crippen molar-refractivity contribution in [2.45, 2.75) is 19.8 Å². The molecule has 0 aliphatic carbocycles. The van der Waals surface area contributed by atoms with Gasteiger partial charge in [-0.2, -0.15) is 0 Å². The molecule has 104 valence electrons. The van der Waals surface area contributed by atoms with Crippen LogP contribution in [0.25, 0.3) is 0 Å². The molecular formula is C15H20BrNO2. The molecule has 1 unspecified atom stereocenters. The maximum Gasteiger partial charge on any atom is 0.222 e. The topological polar surface area (TPSA) is 29.5 Å². The maximum absolute atomic E-state index is 11.8. The van der Waals surface area contributed by atoms with Gasteiger partial charge in [-0.1, -0.05) is 28.1 Å². The van der Waals surface area contributed by atoms with Crippen LogP contribution in [0.5, 0.6) is 5.75 Å². The Morgan fingerprint density at radius 1 is 1.47 bits per heavy atom. The van der Waals surface area contributed by atoms with Crippen LogP contribution in [-0.2, 0) is 11.2 Å². The number of nitrogens with zero attached hydrogens (tertiary/aromatic N) is 1.